The molecule has 0 spiro atoms. The number of amides is 2. The van der Waals surface area contributed by atoms with Crippen LogP contribution in [0.2, 0.25) is 0 Å². The molecule has 0 aromatic heterocycles. The standard InChI is InChI=1S/C13H27N3O/c1-4-9-14-12-8-7-10-16(11-12)13(17)15(5-2)6-3/h12,14H,4-11H2,1-3H3. The van der Waals surface area contributed by atoms with E-state index in [1.54, 1.807) is 0 Å². The molecule has 1 rings (SSSR count). The first-order chi connectivity index (χ1) is 8.22. The van der Waals surface area contributed by atoms with Crippen molar-refractivity contribution in [3.63, 3.8) is 0 Å². The second-order valence-electron chi connectivity index (χ2n) is 4.69. The third kappa shape index (κ3) is 4.19. The number of urea groups is 1. The van der Waals surface area contributed by atoms with Crippen molar-refractivity contribution in [1.82, 2.24) is 15.1 Å². The first-order valence-electron chi connectivity index (χ1n) is 7.00. The summed E-state index contributed by atoms with van der Waals surface area (Å²) in [6.07, 6.45) is 3.47. The molecule has 0 saturated carbocycles. The van der Waals surface area contributed by atoms with Crippen LogP contribution in [0.1, 0.15) is 40.0 Å². The lowest BCUT2D eigenvalue weighted by atomic mass is 10.1. The van der Waals surface area contributed by atoms with E-state index in [2.05, 4.69) is 12.2 Å². The Morgan fingerprint density at radius 2 is 2.06 bits per heavy atom. The van der Waals surface area contributed by atoms with Gasteiger partial charge in [-0.15, -0.1) is 0 Å². The second kappa shape index (κ2) is 7.54. The highest BCUT2D eigenvalue weighted by Crippen LogP contribution is 2.12. The molecule has 0 radical (unpaired) electrons. The maximum Gasteiger partial charge on any atom is 0.320 e. The number of nitrogens with zero attached hydrogens (tertiary/aromatic N) is 2. The lowest BCUT2D eigenvalue weighted by Gasteiger charge is -2.36. The molecule has 1 fully saturated rings. The average molecular weight is 241 g/mol. The zero-order valence-corrected chi connectivity index (χ0v) is 11.5. The van der Waals surface area contributed by atoms with E-state index in [1.165, 1.54) is 6.42 Å². The monoisotopic (exact) mass is 241 g/mol. The molecule has 0 aromatic rings. The summed E-state index contributed by atoms with van der Waals surface area (Å²) in [4.78, 5) is 16.1. The molecule has 1 N–H and O–H groups in total. The van der Waals surface area contributed by atoms with Crippen LogP contribution < -0.4 is 5.32 Å². The van der Waals surface area contributed by atoms with Gasteiger partial charge in [0.2, 0.25) is 0 Å². The van der Waals surface area contributed by atoms with Crippen molar-refractivity contribution in [1.29, 1.82) is 0 Å². The number of hydrogen-bond acceptors (Lipinski definition) is 2. The van der Waals surface area contributed by atoms with E-state index in [0.717, 1.165) is 45.6 Å². The van der Waals surface area contributed by atoms with Crippen molar-refractivity contribution in [3.05, 3.63) is 0 Å². The summed E-state index contributed by atoms with van der Waals surface area (Å²) in [5.41, 5.74) is 0. The molecule has 2 amide bonds. The molecule has 4 nitrogen and oxygen atoms in total. The summed E-state index contributed by atoms with van der Waals surface area (Å²) in [5, 5.41) is 3.52. The highest BCUT2D eigenvalue weighted by molar-refractivity contribution is 5.74. The molecular formula is C13H27N3O. The Hall–Kier alpha value is -0.770. The van der Waals surface area contributed by atoms with Gasteiger partial charge in [0, 0.05) is 32.2 Å². The number of rotatable bonds is 5. The van der Waals surface area contributed by atoms with E-state index < -0.39 is 0 Å². The largest absolute Gasteiger partial charge is 0.325 e. The molecule has 0 bridgehead atoms. The van der Waals surface area contributed by atoms with Gasteiger partial charge in [-0.3, -0.25) is 0 Å². The van der Waals surface area contributed by atoms with Crippen molar-refractivity contribution in [2.45, 2.75) is 46.1 Å². The highest BCUT2D eigenvalue weighted by Gasteiger charge is 2.25. The Kier molecular flexibility index (Phi) is 6.34. The average Bonchev–Trinajstić information content (AvgIpc) is 2.38. The minimum absolute atomic E-state index is 0.206. The van der Waals surface area contributed by atoms with E-state index in [0.29, 0.717) is 6.04 Å². The van der Waals surface area contributed by atoms with Gasteiger partial charge >= 0.3 is 6.03 Å². The molecule has 1 unspecified atom stereocenters. The normalized spacial score (nSPS) is 20.4. The lowest BCUT2D eigenvalue weighted by Crippen LogP contribution is -2.52. The second-order valence-corrected chi connectivity index (χ2v) is 4.69. The number of hydrogen-bond donors (Lipinski definition) is 1. The van der Waals surface area contributed by atoms with Gasteiger partial charge in [-0.05, 0) is 39.7 Å². The number of carbonyl (C=O) groups is 1. The number of nitrogens with one attached hydrogen (secondary N) is 1. The molecule has 1 saturated heterocycles. The summed E-state index contributed by atoms with van der Waals surface area (Å²) < 4.78 is 0. The van der Waals surface area contributed by atoms with Crippen molar-refractivity contribution >= 4 is 6.03 Å². The van der Waals surface area contributed by atoms with Gasteiger partial charge < -0.3 is 15.1 Å². The van der Waals surface area contributed by atoms with Gasteiger partial charge in [0.05, 0.1) is 0 Å². The number of likely N-dealkylation sites (tertiary alicyclic amines) is 1. The fraction of sp³-hybridized carbons (Fsp3) is 0.923. The Balaban J connectivity index is 2.45. The molecule has 17 heavy (non-hydrogen) atoms. The minimum Gasteiger partial charge on any atom is -0.325 e. The maximum atomic E-state index is 12.2. The Morgan fingerprint density at radius 1 is 1.35 bits per heavy atom. The predicted molar refractivity (Wildman–Crippen MR) is 71.2 cm³/mol. The minimum atomic E-state index is 0.206. The van der Waals surface area contributed by atoms with Crippen molar-refractivity contribution in [2.75, 3.05) is 32.7 Å². The maximum absolute atomic E-state index is 12.2. The van der Waals surface area contributed by atoms with Crippen LogP contribution >= 0.6 is 0 Å². The van der Waals surface area contributed by atoms with Crippen LogP contribution in [0.3, 0.4) is 0 Å². The predicted octanol–water partition coefficient (Wildman–Crippen LogP) is 1.91. The summed E-state index contributed by atoms with van der Waals surface area (Å²) >= 11 is 0. The topological polar surface area (TPSA) is 35.6 Å². The first-order valence-corrected chi connectivity index (χ1v) is 7.00. The van der Waals surface area contributed by atoms with E-state index in [-0.39, 0.29) is 6.03 Å². The summed E-state index contributed by atoms with van der Waals surface area (Å²) in [5.74, 6) is 0. The third-order valence-electron chi connectivity index (χ3n) is 3.41. The SMILES string of the molecule is CCCNC1CCCN(C(=O)N(CC)CC)C1. The fourth-order valence-corrected chi connectivity index (χ4v) is 2.36. The molecular weight excluding hydrogens is 214 g/mol. The van der Waals surface area contributed by atoms with Gasteiger partial charge in [0.15, 0.2) is 0 Å². The quantitative estimate of drug-likeness (QED) is 0.798. The van der Waals surface area contributed by atoms with Gasteiger partial charge in [0.1, 0.15) is 0 Å². The molecule has 4 heteroatoms. The van der Waals surface area contributed by atoms with E-state index in [9.17, 15) is 4.79 Å². The summed E-state index contributed by atoms with van der Waals surface area (Å²) in [6, 6.07) is 0.696. The van der Waals surface area contributed by atoms with Gasteiger partial charge in [-0.25, -0.2) is 4.79 Å². The highest BCUT2D eigenvalue weighted by atomic mass is 16.2. The van der Waals surface area contributed by atoms with Crippen LogP contribution in [0.5, 0.6) is 0 Å². The van der Waals surface area contributed by atoms with E-state index in [1.807, 2.05) is 23.6 Å². The van der Waals surface area contributed by atoms with Crippen LogP contribution in [0.4, 0.5) is 4.79 Å². The zero-order valence-electron chi connectivity index (χ0n) is 11.5. The molecule has 0 aromatic carbocycles. The fourth-order valence-electron chi connectivity index (χ4n) is 2.36. The van der Waals surface area contributed by atoms with Crippen molar-refractivity contribution in [3.8, 4) is 0 Å². The van der Waals surface area contributed by atoms with Crippen LogP contribution in [-0.2, 0) is 0 Å². The molecule has 1 heterocycles. The van der Waals surface area contributed by atoms with Gasteiger partial charge in [-0.1, -0.05) is 6.92 Å². The number of piperidine rings is 1. The Morgan fingerprint density at radius 3 is 2.65 bits per heavy atom. The van der Waals surface area contributed by atoms with Crippen molar-refractivity contribution < 1.29 is 4.79 Å². The summed E-state index contributed by atoms with van der Waals surface area (Å²) in [6.45, 7) is 10.7. The zero-order chi connectivity index (χ0) is 12.7. The van der Waals surface area contributed by atoms with Crippen LogP contribution in [0.15, 0.2) is 0 Å². The first kappa shape index (κ1) is 14.3. The van der Waals surface area contributed by atoms with Crippen molar-refractivity contribution in [2.24, 2.45) is 0 Å². The Bertz CT molecular complexity index is 229. The van der Waals surface area contributed by atoms with Crippen LogP contribution in [0.25, 0.3) is 0 Å². The molecule has 1 aliphatic rings. The van der Waals surface area contributed by atoms with Crippen LogP contribution in [-0.4, -0.2) is 54.6 Å². The lowest BCUT2D eigenvalue weighted by molar-refractivity contribution is 0.138. The van der Waals surface area contributed by atoms with E-state index >= 15 is 0 Å². The van der Waals surface area contributed by atoms with Gasteiger partial charge in [-0.2, -0.15) is 0 Å². The van der Waals surface area contributed by atoms with E-state index in [4.69, 9.17) is 0 Å². The molecule has 1 atom stereocenters. The molecule has 100 valence electrons. The smallest absolute Gasteiger partial charge is 0.320 e. The molecule has 1 aliphatic heterocycles. The molecule has 0 aliphatic carbocycles. The summed E-state index contributed by atoms with van der Waals surface area (Å²) in [7, 11) is 0. The van der Waals surface area contributed by atoms with Crippen LogP contribution in [0, 0.1) is 0 Å². The Labute approximate surface area is 105 Å². The van der Waals surface area contributed by atoms with Gasteiger partial charge in [0.25, 0.3) is 0 Å². The number of carbonyl (C=O) groups excluding carboxylic acids is 1. The third-order valence-corrected chi connectivity index (χ3v) is 3.41.